The molecular formula is C20H18N4O2. The highest BCUT2D eigenvalue weighted by atomic mass is 16.2. The molecule has 0 saturated heterocycles. The topological polar surface area (TPSA) is 84.0 Å². The number of hydrogen-bond acceptors (Lipinski definition) is 5. The molecular weight excluding hydrogens is 328 g/mol. The van der Waals surface area contributed by atoms with E-state index < -0.39 is 0 Å². The van der Waals surface area contributed by atoms with Crippen LogP contribution in [0, 0.1) is 6.92 Å². The molecule has 0 unspecified atom stereocenters. The fraction of sp³-hybridized carbons (Fsp3) is 0.100. The Kier molecular flexibility index (Phi) is 5.03. The van der Waals surface area contributed by atoms with Crippen LogP contribution < -0.4 is 10.6 Å². The van der Waals surface area contributed by atoms with Crippen LogP contribution in [-0.2, 0) is 0 Å². The number of ketones is 1. The third-order valence-electron chi connectivity index (χ3n) is 3.75. The second-order valence-corrected chi connectivity index (χ2v) is 5.87. The van der Waals surface area contributed by atoms with Crippen LogP contribution in [-0.4, -0.2) is 21.7 Å². The van der Waals surface area contributed by atoms with Crippen molar-refractivity contribution in [2.75, 3.05) is 10.6 Å². The van der Waals surface area contributed by atoms with Crippen LogP contribution in [0.5, 0.6) is 0 Å². The summed E-state index contributed by atoms with van der Waals surface area (Å²) in [5, 5.41) is 5.88. The van der Waals surface area contributed by atoms with Gasteiger partial charge in [0, 0.05) is 23.0 Å². The molecule has 6 nitrogen and oxygen atoms in total. The quantitative estimate of drug-likeness (QED) is 0.683. The minimum absolute atomic E-state index is 0.0190. The van der Waals surface area contributed by atoms with Gasteiger partial charge in [-0.3, -0.25) is 9.59 Å². The predicted octanol–water partition coefficient (Wildman–Crippen LogP) is 3.98. The van der Waals surface area contributed by atoms with Crippen LogP contribution in [0.4, 0.5) is 17.2 Å². The van der Waals surface area contributed by atoms with Crippen molar-refractivity contribution in [2.24, 2.45) is 0 Å². The zero-order valence-corrected chi connectivity index (χ0v) is 14.5. The molecule has 2 aromatic carbocycles. The predicted molar refractivity (Wildman–Crippen MR) is 101 cm³/mol. The van der Waals surface area contributed by atoms with Gasteiger partial charge in [-0.2, -0.15) is 0 Å². The number of anilines is 3. The summed E-state index contributed by atoms with van der Waals surface area (Å²) in [5.74, 6) is 0.126. The number of nitrogens with one attached hydrogen (secondary N) is 2. The first kappa shape index (κ1) is 17.3. The average molecular weight is 346 g/mol. The smallest absolute Gasteiger partial charge is 0.274 e. The number of Topliss-reactive ketones (excluding diaryl/α,β-unsaturated/α-hetero) is 1. The summed E-state index contributed by atoms with van der Waals surface area (Å²) >= 11 is 0. The molecule has 0 aliphatic rings. The van der Waals surface area contributed by atoms with Crippen molar-refractivity contribution in [3.05, 3.63) is 77.7 Å². The maximum absolute atomic E-state index is 12.4. The molecule has 1 aromatic heterocycles. The van der Waals surface area contributed by atoms with E-state index in [2.05, 4.69) is 20.6 Å². The summed E-state index contributed by atoms with van der Waals surface area (Å²) in [4.78, 5) is 32.0. The molecule has 0 bridgehead atoms. The number of amides is 1. The zero-order valence-electron chi connectivity index (χ0n) is 14.5. The SMILES string of the molecule is CC(=O)c1cccc(Nc2cc(C(=O)Nc3ccc(C)cc3)ncn2)c1. The fourth-order valence-electron chi connectivity index (χ4n) is 2.35. The van der Waals surface area contributed by atoms with E-state index in [0.717, 1.165) is 5.56 Å². The monoisotopic (exact) mass is 346 g/mol. The Morgan fingerprint density at radius 3 is 2.42 bits per heavy atom. The van der Waals surface area contributed by atoms with Crippen LogP contribution in [0.25, 0.3) is 0 Å². The van der Waals surface area contributed by atoms with E-state index in [9.17, 15) is 9.59 Å². The molecule has 6 heteroatoms. The second-order valence-electron chi connectivity index (χ2n) is 5.87. The normalized spacial score (nSPS) is 10.2. The van der Waals surface area contributed by atoms with Gasteiger partial charge in [0.15, 0.2) is 5.78 Å². The van der Waals surface area contributed by atoms with Crippen molar-refractivity contribution >= 4 is 28.9 Å². The molecule has 0 fully saturated rings. The van der Waals surface area contributed by atoms with Crippen LogP contribution >= 0.6 is 0 Å². The maximum atomic E-state index is 12.4. The number of aromatic nitrogens is 2. The molecule has 0 spiro atoms. The van der Waals surface area contributed by atoms with Gasteiger partial charge in [0.25, 0.3) is 5.91 Å². The average Bonchev–Trinajstić information content (AvgIpc) is 2.64. The van der Waals surface area contributed by atoms with Gasteiger partial charge in [-0.05, 0) is 38.1 Å². The first-order chi connectivity index (χ1) is 12.5. The van der Waals surface area contributed by atoms with Gasteiger partial charge in [0.1, 0.15) is 17.8 Å². The first-order valence-electron chi connectivity index (χ1n) is 8.09. The zero-order chi connectivity index (χ0) is 18.5. The number of carbonyl (C=O) groups is 2. The van der Waals surface area contributed by atoms with Gasteiger partial charge in [-0.15, -0.1) is 0 Å². The van der Waals surface area contributed by atoms with Crippen molar-refractivity contribution in [1.82, 2.24) is 9.97 Å². The van der Waals surface area contributed by atoms with Crippen LogP contribution in [0.1, 0.15) is 33.3 Å². The van der Waals surface area contributed by atoms with E-state index in [1.807, 2.05) is 37.3 Å². The molecule has 130 valence electrons. The largest absolute Gasteiger partial charge is 0.340 e. The maximum Gasteiger partial charge on any atom is 0.274 e. The van der Waals surface area contributed by atoms with Crippen molar-refractivity contribution in [2.45, 2.75) is 13.8 Å². The van der Waals surface area contributed by atoms with Gasteiger partial charge in [-0.1, -0.05) is 29.8 Å². The van der Waals surface area contributed by atoms with Crippen LogP contribution in [0.2, 0.25) is 0 Å². The molecule has 1 amide bonds. The highest BCUT2D eigenvalue weighted by Gasteiger charge is 2.10. The van der Waals surface area contributed by atoms with E-state index in [0.29, 0.717) is 22.8 Å². The number of rotatable bonds is 5. The Morgan fingerprint density at radius 1 is 0.923 bits per heavy atom. The van der Waals surface area contributed by atoms with Crippen molar-refractivity contribution in [1.29, 1.82) is 0 Å². The van der Waals surface area contributed by atoms with Crippen molar-refractivity contribution in [3.63, 3.8) is 0 Å². The summed E-state index contributed by atoms with van der Waals surface area (Å²) in [5.41, 5.74) is 3.36. The molecule has 2 N–H and O–H groups in total. The van der Waals surface area contributed by atoms with Crippen molar-refractivity contribution < 1.29 is 9.59 Å². The molecule has 26 heavy (non-hydrogen) atoms. The number of nitrogens with zero attached hydrogens (tertiary/aromatic N) is 2. The minimum Gasteiger partial charge on any atom is -0.340 e. The number of aryl methyl sites for hydroxylation is 1. The molecule has 0 saturated carbocycles. The van der Waals surface area contributed by atoms with Gasteiger partial charge >= 0.3 is 0 Å². The third kappa shape index (κ3) is 4.30. The van der Waals surface area contributed by atoms with Crippen molar-refractivity contribution in [3.8, 4) is 0 Å². The van der Waals surface area contributed by atoms with E-state index in [4.69, 9.17) is 0 Å². The van der Waals surface area contributed by atoms with E-state index >= 15 is 0 Å². The summed E-state index contributed by atoms with van der Waals surface area (Å²) in [7, 11) is 0. The van der Waals surface area contributed by atoms with E-state index in [-0.39, 0.29) is 17.4 Å². The van der Waals surface area contributed by atoms with Gasteiger partial charge in [0.2, 0.25) is 0 Å². The Labute approximate surface area is 151 Å². The lowest BCUT2D eigenvalue weighted by atomic mass is 10.1. The van der Waals surface area contributed by atoms with Crippen LogP contribution in [0.15, 0.2) is 60.9 Å². The molecule has 0 radical (unpaired) electrons. The molecule has 3 aromatic rings. The second kappa shape index (κ2) is 7.57. The van der Waals surface area contributed by atoms with Gasteiger partial charge < -0.3 is 10.6 Å². The minimum atomic E-state index is -0.322. The van der Waals surface area contributed by atoms with E-state index in [1.165, 1.54) is 13.3 Å². The van der Waals surface area contributed by atoms with Gasteiger partial charge in [-0.25, -0.2) is 9.97 Å². The summed E-state index contributed by atoms with van der Waals surface area (Å²) in [6, 6.07) is 16.1. The molecule has 3 rings (SSSR count). The number of hydrogen-bond donors (Lipinski definition) is 2. The number of benzene rings is 2. The summed E-state index contributed by atoms with van der Waals surface area (Å²) in [6.45, 7) is 3.49. The molecule has 1 heterocycles. The Hall–Kier alpha value is -3.54. The summed E-state index contributed by atoms with van der Waals surface area (Å²) in [6.07, 6.45) is 1.32. The highest BCUT2D eigenvalue weighted by molar-refractivity contribution is 6.03. The number of carbonyl (C=O) groups excluding carboxylic acids is 2. The lowest BCUT2D eigenvalue weighted by Crippen LogP contribution is -2.14. The van der Waals surface area contributed by atoms with E-state index in [1.54, 1.807) is 24.3 Å². The third-order valence-corrected chi connectivity index (χ3v) is 3.75. The Bertz CT molecular complexity index is 952. The lowest BCUT2D eigenvalue weighted by molar-refractivity contribution is 0.101. The Balaban J connectivity index is 1.75. The standard InChI is InChI=1S/C20H18N4O2/c1-13-6-8-16(9-7-13)24-20(26)18-11-19(22-12-21-18)23-17-5-3-4-15(10-17)14(2)25/h3-12H,1-2H3,(H,24,26)(H,21,22,23). The molecule has 0 aliphatic heterocycles. The van der Waals surface area contributed by atoms with Crippen LogP contribution in [0.3, 0.4) is 0 Å². The Morgan fingerprint density at radius 2 is 1.69 bits per heavy atom. The molecule has 0 aliphatic carbocycles. The summed E-state index contributed by atoms with van der Waals surface area (Å²) < 4.78 is 0. The first-order valence-corrected chi connectivity index (χ1v) is 8.09. The highest BCUT2D eigenvalue weighted by Crippen LogP contribution is 2.17. The molecule has 0 atom stereocenters. The lowest BCUT2D eigenvalue weighted by Gasteiger charge is -2.08. The van der Waals surface area contributed by atoms with Gasteiger partial charge in [0.05, 0.1) is 0 Å². The fourth-order valence-corrected chi connectivity index (χ4v) is 2.35.